The molecule has 1 aromatic rings. The summed E-state index contributed by atoms with van der Waals surface area (Å²) in [5, 5.41) is 3.03. The second kappa shape index (κ2) is 6.14. The first-order valence-corrected chi connectivity index (χ1v) is 6.41. The quantitative estimate of drug-likeness (QED) is 0.910. The van der Waals surface area contributed by atoms with Crippen LogP contribution in [0.3, 0.4) is 0 Å². The number of carbonyl (C=O) groups is 1. The summed E-state index contributed by atoms with van der Waals surface area (Å²) in [6, 6.07) is 0. The highest BCUT2D eigenvalue weighted by Crippen LogP contribution is 2.26. The Kier molecular flexibility index (Phi) is 5.08. The van der Waals surface area contributed by atoms with Gasteiger partial charge in [-0.1, -0.05) is 39.3 Å². The molecular formula is C13H20ClN3O. The van der Waals surface area contributed by atoms with Gasteiger partial charge < -0.3 is 5.32 Å². The normalized spacial score (nSPS) is 13.2. The highest BCUT2D eigenvalue weighted by atomic mass is 35.5. The van der Waals surface area contributed by atoms with Crippen molar-refractivity contribution in [2.24, 2.45) is 11.3 Å². The second-order valence-electron chi connectivity index (χ2n) is 5.85. The zero-order valence-electron chi connectivity index (χ0n) is 11.3. The van der Waals surface area contributed by atoms with E-state index in [0.717, 1.165) is 6.42 Å². The zero-order chi connectivity index (χ0) is 13.8. The number of nitrogens with one attached hydrogen (secondary N) is 1. The number of rotatable bonds is 4. The molecule has 5 heteroatoms. The van der Waals surface area contributed by atoms with Crippen molar-refractivity contribution in [2.45, 2.75) is 40.5 Å². The summed E-state index contributed by atoms with van der Waals surface area (Å²) in [6.07, 6.45) is 4.36. The summed E-state index contributed by atoms with van der Waals surface area (Å²) in [4.78, 5) is 19.6. The summed E-state index contributed by atoms with van der Waals surface area (Å²) < 4.78 is 0. The van der Waals surface area contributed by atoms with E-state index in [0.29, 0.717) is 23.3 Å². The van der Waals surface area contributed by atoms with Gasteiger partial charge in [-0.15, -0.1) is 0 Å². The zero-order valence-corrected chi connectivity index (χ0v) is 12.1. The Bertz CT molecular complexity index is 398. The molecule has 0 aromatic carbocycles. The maximum absolute atomic E-state index is 11.8. The van der Waals surface area contributed by atoms with Gasteiger partial charge in [-0.25, -0.2) is 9.97 Å². The Morgan fingerprint density at radius 1 is 1.39 bits per heavy atom. The molecule has 0 aliphatic heterocycles. The van der Waals surface area contributed by atoms with Crippen molar-refractivity contribution >= 4 is 23.3 Å². The van der Waals surface area contributed by atoms with Crippen LogP contribution in [0.2, 0.25) is 5.15 Å². The van der Waals surface area contributed by atoms with E-state index in [1.165, 1.54) is 12.4 Å². The minimum atomic E-state index is -0.0385. The Morgan fingerprint density at radius 2 is 2.06 bits per heavy atom. The monoisotopic (exact) mass is 269 g/mol. The number of hydrogen-bond acceptors (Lipinski definition) is 3. The van der Waals surface area contributed by atoms with Crippen molar-refractivity contribution in [1.29, 1.82) is 0 Å². The van der Waals surface area contributed by atoms with Gasteiger partial charge in [-0.05, 0) is 17.8 Å². The third kappa shape index (κ3) is 5.96. The summed E-state index contributed by atoms with van der Waals surface area (Å²) in [5.74, 6) is 0.737. The fourth-order valence-electron chi connectivity index (χ4n) is 2.00. The Hall–Kier alpha value is -1.16. The molecule has 1 unspecified atom stereocenters. The fraction of sp³-hybridized carbons (Fsp3) is 0.615. The van der Waals surface area contributed by atoms with Crippen LogP contribution in [0.25, 0.3) is 0 Å². The molecule has 0 bridgehead atoms. The Balaban J connectivity index is 2.44. The van der Waals surface area contributed by atoms with Crippen LogP contribution >= 0.6 is 11.6 Å². The first-order chi connectivity index (χ1) is 8.26. The van der Waals surface area contributed by atoms with Gasteiger partial charge in [0.25, 0.3) is 0 Å². The van der Waals surface area contributed by atoms with Gasteiger partial charge in [-0.2, -0.15) is 0 Å². The van der Waals surface area contributed by atoms with Gasteiger partial charge in [0.15, 0.2) is 5.82 Å². The lowest BCUT2D eigenvalue weighted by atomic mass is 9.84. The summed E-state index contributed by atoms with van der Waals surface area (Å²) in [5.41, 5.74) is 0.236. The number of nitrogens with zero attached hydrogens (tertiary/aromatic N) is 2. The number of carbonyl (C=O) groups excluding carboxylic acids is 1. The van der Waals surface area contributed by atoms with Crippen LogP contribution in [-0.4, -0.2) is 15.9 Å². The van der Waals surface area contributed by atoms with E-state index < -0.39 is 0 Å². The molecule has 4 nitrogen and oxygen atoms in total. The molecule has 1 N–H and O–H groups in total. The van der Waals surface area contributed by atoms with Crippen LogP contribution in [0.5, 0.6) is 0 Å². The third-order valence-electron chi connectivity index (χ3n) is 2.38. The minimum Gasteiger partial charge on any atom is -0.309 e. The molecule has 0 saturated carbocycles. The predicted molar refractivity (Wildman–Crippen MR) is 73.5 cm³/mol. The summed E-state index contributed by atoms with van der Waals surface area (Å²) >= 11 is 5.62. The highest BCUT2D eigenvalue weighted by Gasteiger charge is 2.17. The standard InChI is InChI=1S/C13H20ClN3O/c1-9(6-13(2,3)4)5-12(18)17-11-8-15-10(14)7-16-11/h7-9H,5-6H2,1-4H3,(H,16,17,18). The number of hydrogen-bond donors (Lipinski definition) is 1. The maximum atomic E-state index is 11.8. The van der Waals surface area contributed by atoms with Gasteiger partial charge in [0, 0.05) is 6.42 Å². The molecule has 1 heterocycles. The van der Waals surface area contributed by atoms with Crippen LogP contribution in [0.4, 0.5) is 5.82 Å². The predicted octanol–water partition coefficient (Wildman–Crippen LogP) is 3.53. The lowest BCUT2D eigenvalue weighted by Gasteiger charge is -2.22. The third-order valence-corrected chi connectivity index (χ3v) is 2.58. The molecular weight excluding hydrogens is 250 g/mol. The molecule has 0 aliphatic carbocycles. The van der Waals surface area contributed by atoms with E-state index in [9.17, 15) is 4.79 Å². The van der Waals surface area contributed by atoms with Gasteiger partial charge in [0.1, 0.15) is 5.15 Å². The van der Waals surface area contributed by atoms with E-state index in [4.69, 9.17) is 11.6 Å². The van der Waals surface area contributed by atoms with Crippen LogP contribution in [-0.2, 0) is 4.79 Å². The smallest absolute Gasteiger partial charge is 0.225 e. The average molecular weight is 270 g/mol. The average Bonchev–Trinajstić information content (AvgIpc) is 2.18. The SMILES string of the molecule is CC(CC(=O)Nc1cnc(Cl)cn1)CC(C)(C)C. The molecule has 0 fully saturated rings. The fourth-order valence-corrected chi connectivity index (χ4v) is 2.10. The van der Waals surface area contributed by atoms with Crippen LogP contribution in [0.1, 0.15) is 40.5 Å². The van der Waals surface area contributed by atoms with E-state index in [2.05, 4.69) is 43.0 Å². The largest absolute Gasteiger partial charge is 0.309 e. The lowest BCUT2D eigenvalue weighted by molar-refractivity contribution is -0.117. The highest BCUT2D eigenvalue weighted by molar-refractivity contribution is 6.29. The molecule has 1 amide bonds. The first-order valence-electron chi connectivity index (χ1n) is 6.04. The molecule has 0 aliphatic rings. The molecule has 18 heavy (non-hydrogen) atoms. The number of anilines is 1. The number of halogens is 1. The van der Waals surface area contributed by atoms with Crippen molar-refractivity contribution in [3.8, 4) is 0 Å². The number of aromatic nitrogens is 2. The molecule has 0 spiro atoms. The molecule has 100 valence electrons. The van der Waals surface area contributed by atoms with Crippen LogP contribution in [0, 0.1) is 11.3 Å². The maximum Gasteiger partial charge on any atom is 0.225 e. The van der Waals surface area contributed by atoms with Crippen molar-refractivity contribution in [3.05, 3.63) is 17.5 Å². The molecule has 0 radical (unpaired) electrons. The van der Waals surface area contributed by atoms with E-state index >= 15 is 0 Å². The second-order valence-corrected chi connectivity index (χ2v) is 6.23. The summed E-state index contributed by atoms with van der Waals surface area (Å²) in [6.45, 7) is 8.60. The molecule has 1 rings (SSSR count). The van der Waals surface area contributed by atoms with E-state index in [1.807, 2.05) is 0 Å². The van der Waals surface area contributed by atoms with Crippen LogP contribution < -0.4 is 5.32 Å². The molecule has 0 saturated heterocycles. The molecule has 1 atom stereocenters. The van der Waals surface area contributed by atoms with Crippen LogP contribution in [0.15, 0.2) is 12.4 Å². The number of amides is 1. The van der Waals surface area contributed by atoms with Crippen molar-refractivity contribution in [1.82, 2.24) is 9.97 Å². The minimum absolute atomic E-state index is 0.0385. The van der Waals surface area contributed by atoms with Gasteiger partial charge in [-0.3, -0.25) is 4.79 Å². The summed E-state index contributed by atoms with van der Waals surface area (Å²) in [7, 11) is 0. The van der Waals surface area contributed by atoms with E-state index in [-0.39, 0.29) is 11.3 Å². The Morgan fingerprint density at radius 3 is 2.56 bits per heavy atom. The van der Waals surface area contributed by atoms with Gasteiger partial charge >= 0.3 is 0 Å². The van der Waals surface area contributed by atoms with Crippen molar-refractivity contribution in [2.75, 3.05) is 5.32 Å². The topological polar surface area (TPSA) is 54.9 Å². The first kappa shape index (κ1) is 14.9. The molecule has 1 aromatic heterocycles. The lowest BCUT2D eigenvalue weighted by Crippen LogP contribution is -2.19. The Labute approximate surface area is 113 Å². The van der Waals surface area contributed by atoms with Crippen molar-refractivity contribution < 1.29 is 4.79 Å². The van der Waals surface area contributed by atoms with E-state index in [1.54, 1.807) is 0 Å². The van der Waals surface area contributed by atoms with Crippen molar-refractivity contribution in [3.63, 3.8) is 0 Å². The van der Waals surface area contributed by atoms with Gasteiger partial charge in [0.05, 0.1) is 12.4 Å². The van der Waals surface area contributed by atoms with Gasteiger partial charge in [0.2, 0.25) is 5.91 Å².